The maximum atomic E-state index is 10.4. The van der Waals surface area contributed by atoms with Crippen molar-refractivity contribution in [3.63, 3.8) is 0 Å². The van der Waals surface area contributed by atoms with Gasteiger partial charge in [0.2, 0.25) is 0 Å². The van der Waals surface area contributed by atoms with Crippen molar-refractivity contribution in [3.8, 4) is 12.3 Å². The molecule has 0 N–H and O–H groups in total. The zero-order chi connectivity index (χ0) is 6.57. The predicted molar refractivity (Wildman–Crippen MR) is 30.0 cm³/mol. The Balaban J connectivity index is 3.68. The van der Waals surface area contributed by atoms with Gasteiger partial charge in [-0.15, -0.1) is 6.42 Å². The molecule has 0 aliphatic rings. The third-order valence-corrected chi connectivity index (χ3v) is 0.805. The molecule has 0 fully saturated rings. The summed E-state index contributed by atoms with van der Waals surface area (Å²) in [5.41, 5.74) is 0. The van der Waals surface area contributed by atoms with Crippen molar-refractivity contribution in [2.45, 2.75) is 6.92 Å². The van der Waals surface area contributed by atoms with Crippen LogP contribution in [-0.2, 0) is 9.53 Å². The summed E-state index contributed by atoms with van der Waals surface area (Å²) in [7, 11) is 1.32. The first-order valence-corrected chi connectivity index (χ1v) is 2.26. The first-order chi connectivity index (χ1) is 3.72. The summed E-state index contributed by atoms with van der Waals surface area (Å²) in [6.45, 7) is 1.62. The van der Waals surface area contributed by atoms with Crippen LogP contribution < -0.4 is 0 Å². The van der Waals surface area contributed by atoms with Gasteiger partial charge in [-0.1, -0.05) is 5.92 Å². The molecule has 0 aliphatic heterocycles. The van der Waals surface area contributed by atoms with Crippen LogP contribution in [0.5, 0.6) is 0 Å². The fourth-order valence-electron chi connectivity index (χ4n) is 0.245. The molecule has 0 saturated carbocycles. The number of esters is 1. The quantitative estimate of drug-likeness (QED) is 0.363. The molecule has 0 aromatic heterocycles. The molecule has 8 heavy (non-hydrogen) atoms. The fourth-order valence-corrected chi connectivity index (χ4v) is 0.245. The molecule has 2 heteroatoms. The summed E-state index contributed by atoms with van der Waals surface area (Å²) >= 11 is 0. The predicted octanol–water partition coefficient (Wildman–Crippen LogP) is 0.429. The first kappa shape index (κ1) is 7.03. The minimum absolute atomic E-state index is 0.354. The van der Waals surface area contributed by atoms with Crippen LogP contribution in [0, 0.1) is 18.3 Å². The van der Waals surface area contributed by atoms with E-state index < -0.39 is 5.92 Å². The number of carbonyl (C=O) groups is 1. The molecule has 0 amide bonds. The van der Waals surface area contributed by atoms with Gasteiger partial charge in [0.1, 0.15) is 5.92 Å². The van der Waals surface area contributed by atoms with E-state index in [1.807, 2.05) is 0 Å². The molecule has 0 aromatic carbocycles. The lowest BCUT2D eigenvalue weighted by Crippen LogP contribution is -2.09. The Kier molecular flexibility index (Phi) is 2.71. The van der Waals surface area contributed by atoms with Gasteiger partial charge in [0.05, 0.1) is 7.11 Å². The largest absolute Gasteiger partial charge is 0.468 e. The summed E-state index contributed by atoms with van der Waals surface area (Å²) in [5.74, 6) is 1.47. The molecular formula is C6H8O2. The fraction of sp³-hybridized carbons (Fsp3) is 0.500. The van der Waals surface area contributed by atoms with E-state index in [4.69, 9.17) is 6.42 Å². The average Bonchev–Trinajstić information content (AvgIpc) is 1.84. The van der Waals surface area contributed by atoms with Crippen LogP contribution in [0.25, 0.3) is 0 Å². The molecule has 0 radical (unpaired) electrons. The lowest BCUT2D eigenvalue weighted by atomic mass is 10.2. The van der Waals surface area contributed by atoms with Gasteiger partial charge in [-0.2, -0.15) is 0 Å². The SMILES string of the molecule is C#C[C@@H](C)C(=O)OC. The van der Waals surface area contributed by atoms with Crippen LogP contribution in [0.3, 0.4) is 0 Å². The van der Waals surface area contributed by atoms with Gasteiger partial charge in [0, 0.05) is 0 Å². The Morgan fingerprint density at radius 1 is 1.88 bits per heavy atom. The zero-order valence-electron chi connectivity index (χ0n) is 4.97. The lowest BCUT2D eigenvalue weighted by molar-refractivity contribution is -0.142. The standard InChI is InChI=1S/C6H8O2/c1-4-5(2)6(7)8-3/h1,5H,2-3H3/t5-/m1/s1. The van der Waals surface area contributed by atoms with Gasteiger partial charge >= 0.3 is 5.97 Å². The maximum absolute atomic E-state index is 10.4. The van der Waals surface area contributed by atoms with Crippen molar-refractivity contribution >= 4 is 5.97 Å². The highest BCUT2D eigenvalue weighted by atomic mass is 16.5. The normalized spacial score (nSPS) is 11.6. The molecular weight excluding hydrogens is 104 g/mol. The highest BCUT2D eigenvalue weighted by Crippen LogP contribution is 1.92. The van der Waals surface area contributed by atoms with Crippen LogP contribution >= 0.6 is 0 Å². The number of carbonyl (C=O) groups excluding carboxylic acids is 1. The van der Waals surface area contributed by atoms with Gasteiger partial charge in [-0.25, -0.2) is 0 Å². The van der Waals surface area contributed by atoms with Crippen LogP contribution in [0.1, 0.15) is 6.92 Å². The molecule has 0 aromatic rings. The summed E-state index contributed by atoms with van der Waals surface area (Å²) in [4.78, 5) is 10.4. The van der Waals surface area contributed by atoms with E-state index in [1.54, 1.807) is 6.92 Å². The number of hydrogen-bond acceptors (Lipinski definition) is 2. The summed E-state index contributed by atoms with van der Waals surface area (Å²) in [6, 6.07) is 0. The first-order valence-electron chi connectivity index (χ1n) is 2.26. The Labute approximate surface area is 48.8 Å². The summed E-state index contributed by atoms with van der Waals surface area (Å²) in [6.07, 6.45) is 4.90. The van der Waals surface area contributed by atoms with E-state index in [0.29, 0.717) is 0 Å². The molecule has 0 spiro atoms. The lowest BCUT2D eigenvalue weighted by Gasteiger charge is -1.97. The van der Waals surface area contributed by atoms with Gasteiger partial charge in [0.15, 0.2) is 0 Å². The molecule has 0 aliphatic carbocycles. The number of ether oxygens (including phenoxy) is 1. The zero-order valence-corrected chi connectivity index (χ0v) is 4.97. The van der Waals surface area contributed by atoms with Crippen LogP contribution in [-0.4, -0.2) is 13.1 Å². The molecule has 0 bridgehead atoms. The topological polar surface area (TPSA) is 26.3 Å². The Morgan fingerprint density at radius 2 is 2.38 bits per heavy atom. The Bertz CT molecular complexity index is 121. The van der Waals surface area contributed by atoms with Crippen LogP contribution in [0.2, 0.25) is 0 Å². The van der Waals surface area contributed by atoms with Crippen molar-refractivity contribution < 1.29 is 9.53 Å². The summed E-state index contributed by atoms with van der Waals surface area (Å²) in [5, 5.41) is 0. The van der Waals surface area contributed by atoms with Gasteiger partial charge in [0.25, 0.3) is 0 Å². The molecule has 44 valence electrons. The average molecular weight is 112 g/mol. The third-order valence-electron chi connectivity index (χ3n) is 0.805. The van der Waals surface area contributed by atoms with Gasteiger partial charge in [-0.3, -0.25) is 4.79 Å². The molecule has 0 heterocycles. The third kappa shape index (κ3) is 1.65. The van der Waals surface area contributed by atoms with E-state index in [1.165, 1.54) is 7.11 Å². The minimum atomic E-state index is -0.417. The van der Waals surface area contributed by atoms with Crippen molar-refractivity contribution in [3.05, 3.63) is 0 Å². The second kappa shape index (κ2) is 3.09. The second-order valence-corrected chi connectivity index (χ2v) is 1.41. The van der Waals surface area contributed by atoms with Crippen molar-refractivity contribution in [1.82, 2.24) is 0 Å². The van der Waals surface area contributed by atoms with E-state index in [-0.39, 0.29) is 5.97 Å². The van der Waals surface area contributed by atoms with Crippen molar-refractivity contribution in [2.75, 3.05) is 7.11 Å². The molecule has 2 nitrogen and oxygen atoms in total. The number of methoxy groups -OCH3 is 1. The summed E-state index contributed by atoms with van der Waals surface area (Å²) < 4.78 is 4.32. The molecule has 0 unspecified atom stereocenters. The van der Waals surface area contributed by atoms with E-state index >= 15 is 0 Å². The molecule has 1 atom stereocenters. The van der Waals surface area contributed by atoms with Crippen molar-refractivity contribution in [2.24, 2.45) is 5.92 Å². The number of terminal acetylenes is 1. The van der Waals surface area contributed by atoms with Crippen LogP contribution in [0.4, 0.5) is 0 Å². The number of hydrogen-bond donors (Lipinski definition) is 0. The van der Waals surface area contributed by atoms with Gasteiger partial charge < -0.3 is 4.74 Å². The number of rotatable bonds is 1. The molecule has 0 rings (SSSR count). The monoisotopic (exact) mass is 112 g/mol. The highest BCUT2D eigenvalue weighted by Gasteiger charge is 2.06. The van der Waals surface area contributed by atoms with Crippen LogP contribution in [0.15, 0.2) is 0 Å². The minimum Gasteiger partial charge on any atom is -0.468 e. The van der Waals surface area contributed by atoms with Crippen molar-refractivity contribution in [1.29, 1.82) is 0 Å². The maximum Gasteiger partial charge on any atom is 0.320 e. The highest BCUT2D eigenvalue weighted by molar-refractivity contribution is 5.74. The second-order valence-electron chi connectivity index (χ2n) is 1.41. The smallest absolute Gasteiger partial charge is 0.320 e. The van der Waals surface area contributed by atoms with Gasteiger partial charge in [-0.05, 0) is 6.92 Å². The molecule has 0 saturated heterocycles. The van der Waals surface area contributed by atoms with E-state index in [0.717, 1.165) is 0 Å². The Hall–Kier alpha value is -0.970. The Morgan fingerprint density at radius 3 is 2.50 bits per heavy atom. The van der Waals surface area contributed by atoms with E-state index in [2.05, 4.69) is 10.7 Å². The van der Waals surface area contributed by atoms with E-state index in [9.17, 15) is 4.79 Å².